The quantitative estimate of drug-likeness (QED) is 0.680. The van der Waals surface area contributed by atoms with Crippen LogP contribution < -0.4 is 10.2 Å². The SMILES string of the molecule is COc1c2ccccc2c(O)c2c(=O)cc(C)oc12. The van der Waals surface area contributed by atoms with Gasteiger partial charge in [-0.25, -0.2) is 0 Å². The molecular weight excluding hydrogens is 244 g/mol. The van der Waals surface area contributed by atoms with E-state index in [1.54, 1.807) is 19.1 Å². The molecule has 1 N–H and O–H groups in total. The lowest BCUT2D eigenvalue weighted by Gasteiger charge is -2.11. The van der Waals surface area contributed by atoms with E-state index in [-0.39, 0.29) is 22.1 Å². The largest absolute Gasteiger partial charge is 0.506 e. The fraction of sp³-hybridized carbons (Fsp3) is 0.133. The molecule has 3 rings (SSSR count). The van der Waals surface area contributed by atoms with Gasteiger partial charge in [0.2, 0.25) is 0 Å². The van der Waals surface area contributed by atoms with Crippen molar-refractivity contribution >= 4 is 21.7 Å². The van der Waals surface area contributed by atoms with Crippen LogP contribution in [0.3, 0.4) is 0 Å². The molecular formula is C15H12O4. The van der Waals surface area contributed by atoms with E-state index in [1.807, 2.05) is 12.1 Å². The summed E-state index contributed by atoms with van der Waals surface area (Å²) in [5.74, 6) is 0.870. The minimum atomic E-state index is -0.277. The number of hydrogen-bond acceptors (Lipinski definition) is 4. The molecule has 0 aliphatic carbocycles. The van der Waals surface area contributed by atoms with Crippen LogP contribution in [0, 0.1) is 6.92 Å². The van der Waals surface area contributed by atoms with E-state index in [4.69, 9.17) is 9.15 Å². The molecule has 2 aromatic carbocycles. The molecule has 96 valence electrons. The second-order valence-corrected chi connectivity index (χ2v) is 4.35. The van der Waals surface area contributed by atoms with Crippen molar-refractivity contribution in [3.8, 4) is 11.5 Å². The second kappa shape index (κ2) is 4.02. The molecule has 3 aromatic rings. The molecule has 0 unspecified atom stereocenters. The fourth-order valence-electron chi connectivity index (χ4n) is 2.34. The van der Waals surface area contributed by atoms with E-state index in [2.05, 4.69) is 0 Å². The van der Waals surface area contributed by atoms with Gasteiger partial charge in [-0.3, -0.25) is 4.79 Å². The molecule has 0 aliphatic rings. The van der Waals surface area contributed by atoms with Crippen molar-refractivity contribution in [2.75, 3.05) is 7.11 Å². The van der Waals surface area contributed by atoms with Crippen molar-refractivity contribution < 1.29 is 14.3 Å². The Hall–Kier alpha value is -2.49. The maximum absolute atomic E-state index is 12.1. The average molecular weight is 256 g/mol. The molecule has 0 radical (unpaired) electrons. The molecule has 4 nitrogen and oxygen atoms in total. The summed E-state index contributed by atoms with van der Waals surface area (Å²) < 4.78 is 10.9. The molecule has 0 saturated carbocycles. The smallest absolute Gasteiger partial charge is 0.196 e. The molecule has 4 heteroatoms. The van der Waals surface area contributed by atoms with Crippen LogP contribution >= 0.6 is 0 Å². The van der Waals surface area contributed by atoms with Crippen LogP contribution in [0.5, 0.6) is 11.5 Å². The first kappa shape index (κ1) is 11.6. The molecule has 0 atom stereocenters. The van der Waals surface area contributed by atoms with E-state index in [0.717, 1.165) is 0 Å². The number of fused-ring (bicyclic) bond motifs is 2. The van der Waals surface area contributed by atoms with Crippen molar-refractivity contribution in [2.24, 2.45) is 0 Å². The first-order valence-corrected chi connectivity index (χ1v) is 5.85. The molecule has 0 bridgehead atoms. The van der Waals surface area contributed by atoms with Crippen LogP contribution in [0.25, 0.3) is 21.7 Å². The van der Waals surface area contributed by atoms with Crippen LogP contribution in [-0.4, -0.2) is 12.2 Å². The summed E-state index contributed by atoms with van der Waals surface area (Å²) in [5, 5.41) is 11.7. The first-order valence-electron chi connectivity index (χ1n) is 5.85. The van der Waals surface area contributed by atoms with Gasteiger partial charge in [-0.1, -0.05) is 24.3 Å². The highest BCUT2D eigenvalue weighted by Crippen LogP contribution is 2.40. The van der Waals surface area contributed by atoms with E-state index in [1.165, 1.54) is 13.2 Å². The number of aromatic hydroxyl groups is 1. The van der Waals surface area contributed by atoms with Gasteiger partial charge in [-0.15, -0.1) is 0 Å². The molecule has 0 aliphatic heterocycles. The van der Waals surface area contributed by atoms with Gasteiger partial charge in [0, 0.05) is 16.8 Å². The highest BCUT2D eigenvalue weighted by Gasteiger charge is 2.18. The molecule has 0 amide bonds. The van der Waals surface area contributed by atoms with Crippen LogP contribution in [0.2, 0.25) is 0 Å². The topological polar surface area (TPSA) is 59.7 Å². The summed E-state index contributed by atoms with van der Waals surface area (Å²) in [6, 6.07) is 8.55. The Morgan fingerprint density at radius 2 is 1.89 bits per heavy atom. The van der Waals surface area contributed by atoms with Gasteiger partial charge >= 0.3 is 0 Å². The molecule has 0 spiro atoms. The number of aryl methyl sites for hydroxylation is 1. The Morgan fingerprint density at radius 1 is 1.21 bits per heavy atom. The van der Waals surface area contributed by atoms with Gasteiger partial charge in [0.05, 0.1) is 7.11 Å². The average Bonchev–Trinajstić information content (AvgIpc) is 2.38. The fourth-order valence-corrected chi connectivity index (χ4v) is 2.34. The summed E-state index contributed by atoms with van der Waals surface area (Å²) in [4.78, 5) is 12.1. The number of methoxy groups -OCH3 is 1. The number of benzene rings is 2. The van der Waals surface area contributed by atoms with Crippen LogP contribution in [0.1, 0.15) is 5.76 Å². The number of phenols is 1. The zero-order valence-electron chi connectivity index (χ0n) is 10.6. The van der Waals surface area contributed by atoms with E-state index >= 15 is 0 Å². The Labute approximate surface area is 108 Å². The Morgan fingerprint density at radius 3 is 2.58 bits per heavy atom. The van der Waals surface area contributed by atoms with Crippen LogP contribution in [0.4, 0.5) is 0 Å². The predicted octanol–water partition coefficient (Wildman–Crippen LogP) is 2.97. The van der Waals surface area contributed by atoms with Crippen molar-refractivity contribution in [2.45, 2.75) is 6.92 Å². The molecule has 19 heavy (non-hydrogen) atoms. The second-order valence-electron chi connectivity index (χ2n) is 4.35. The normalized spacial score (nSPS) is 11.1. The number of hydrogen-bond donors (Lipinski definition) is 1. The van der Waals surface area contributed by atoms with Crippen LogP contribution in [-0.2, 0) is 0 Å². The van der Waals surface area contributed by atoms with Gasteiger partial charge < -0.3 is 14.3 Å². The Kier molecular flexibility index (Phi) is 2.45. The highest BCUT2D eigenvalue weighted by atomic mass is 16.5. The summed E-state index contributed by atoms with van der Waals surface area (Å²) in [6.45, 7) is 1.69. The summed E-state index contributed by atoms with van der Waals surface area (Å²) >= 11 is 0. The zero-order valence-corrected chi connectivity index (χ0v) is 10.6. The van der Waals surface area contributed by atoms with Crippen LogP contribution in [0.15, 0.2) is 39.5 Å². The predicted molar refractivity (Wildman–Crippen MR) is 72.9 cm³/mol. The van der Waals surface area contributed by atoms with Crippen molar-refractivity contribution in [3.63, 3.8) is 0 Å². The number of rotatable bonds is 1. The Bertz CT molecular complexity index is 846. The molecule has 1 aromatic heterocycles. The third-order valence-corrected chi connectivity index (χ3v) is 3.14. The van der Waals surface area contributed by atoms with E-state index in [9.17, 15) is 9.90 Å². The number of ether oxygens (including phenoxy) is 1. The van der Waals surface area contributed by atoms with Gasteiger partial charge in [0.1, 0.15) is 16.9 Å². The first-order chi connectivity index (χ1) is 9.13. The van der Waals surface area contributed by atoms with E-state index < -0.39 is 0 Å². The molecule has 1 heterocycles. The van der Waals surface area contributed by atoms with E-state index in [0.29, 0.717) is 22.3 Å². The van der Waals surface area contributed by atoms with Crippen molar-refractivity contribution in [1.29, 1.82) is 0 Å². The lowest BCUT2D eigenvalue weighted by molar-refractivity contribution is 0.410. The molecule has 0 fully saturated rings. The maximum Gasteiger partial charge on any atom is 0.196 e. The lowest BCUT2D eigenvalue weighted by atomic mass is 10.0. The van der Waals surface area contributed by atoms with Gasteiger partial charge in [-0.05, 0) is 6.92 Å². The third kappa shape index (κ3) is 1.57. The van der Waals surface area contributed by atoms with Gasteiger partial charge in [0.25, 0.3) is 0 Å². The minimum absolute atomic E-state index is 0.0693. The monoisotopic (exact) mass is 256 g/mol. The van der Waals surface area contributed by atoms with Gasteiger partial charge in [-0.2, -0.15) is 0 Å². The van der Waals surface area contributed by atoms with Gasteiger partial charge in [0.15, 0.2) is 16.8 Å². The molecule has 0 saturated heterocycles. The van der Waals surface area contributed by atoms with Crippen molar-refractivity contribution in [3.05, 3.63) is 46.3 Å². The van der Waals surface area contributed by atoms with Crippen molar-refractivity contribution in [1.82, 2.24) is 0 Å². The summed E-state index contributed by atoms with van der Waals surface area (Å²) in [5.41, 5.74) is 0.00371. The third-order valence-electron chi connectivity index (χ3n) is 3.14. The standard InChI is InChI=1S/C15H12O4/c1-8-7-11(16)12-13(17)9-5-3-4-6-10(9)14(18-2)15(12)19-8/h3-7,17H,1-2H3. The lowest BCUT2D eigenvalue weighted by Crippen LogP contribution is -2.02. The Balaban J connectivity index is 2.70. The minimum Gasteiger partial charge on any atom is -0.506 e. The summed E-state index contributed by atoms with van der Waals surface area (Å²) in [6.07, 6.45) is 0. The maximum atomic E-state index is 12.1. The summed E-state index contributed by atoms with van der Waals surface area (Å²) in [7, 11) is 1.51. The highest BCUT2D eigenvalue weighted by molar-refractivity contribution is 6.08. The number of phenolic OH excluding ortho intramolecular Hbond substituents is 1. The zero-order chi connectivity index (χ0) is 13.6.